The zero-order valence-electron chi connectivity index (χ0n) is 17.8. The molecule has 31 heavy (non-hydrogen) atoms. The van der Waals surface area contributed by atoms with E-state index < -0.39 is 0 Å². The molecule has 4 aromatic rings. The zero-order valence-corrected chi connectivity index (χ0v) is 17.8. The van der Waals surface area contributed by atoms with E-state index in [4.69, 9.17) is 4.74 Å². The molecule has 1 amide bonds. The summed E-state index contributed by atoms with van der Waals surface area (Å²) in [5.74, 6) is 0.647. The molecule has 0 fully saturated rings. The monoisotopic (exact) mass is 414 g/mol. The highest BCUT2D eigenvalue weighted by atomic mass is 16.5. The van der Waals surface area contributed by atoms with Crippen LogP contribution in [0.4, 0.5) is 0 Å². The van der Waals surface area contributed by atoms with Crippen molar-refractivity contribution < 1.29 is 9.53 Å². The van der Waals surface area contributed by atoms with Crippen molar-refractivity contribution in [1.29, 1.82) is 0 Å². The lowest BCUT2D eigenvalue weighted by molar-refractivity contribution is 0.0951. The van der Waals surface area contributed by atoms with Gasteiger partial charge >= 0.3 is 0 Å². The van der Waals surface area contributed by atoms with Crippen LogP contribution in [0.3, 0.4) is 0 Å². The van der Waals surface area contributed by atoms with Crippen molar-refractivity contribution in [3.8, 4) is 5.75 Å². The minimum atomic E-state index is -0.0982. The Morgan fingerprint density at radius 2 is 1.74 bits per heavy atom. The first-order chi connectivity index (χ1) is 15.1. The summed E-state index contributed by atoms with van der Waals surface area (Å²) in [6.45, 7) is 5.99. The number of fused-ring (bicyclic) bond motifs is 1. The van der Waals surface area contributed by atoms with Crippen LogP contribution < -0.4 is 10.1 Å². The molecule has 0 aliphatic carbocycles. The SMILES string of the molecule is Cc1cc2nnn(CCCOc3ccc(C(=O)NCc4ccccc4)cc3)c2cc1C. The van der Waals surface area contributed by atoms with Crippen LogP contribution in [0.1, 0.15) is 33.5 Å². The molecule has 0 radical (unpaired) electrons. The third kappa shape index (κ3) is 5.09. The largest absolute Gasteiger partial charge is 0.494 e. The van der Waals surface area contributed by atoms with E-state index in [0.717, 1.165) is 35.3 Å². The number of nitrogens with one attached hydrogen (secondary N) is 1. The van der Waals surface area contributed by atoms with Gasteiger partial charge in [0.05, 0.1) is 12.1 Å². The molecule has 6 heteroatoms. The van der Waals surface area contributed by atoms with Gasteiger partial charge in [-0.15, -0.1) is 5.10 Å². The van der Waals surface area contributed by atoms with Crippen molar-refractivity contribution in [3.63, 3.8) is 0 Å². The number of hydrogen-bond acceptors (Lipinski definition) is 4. The smallest absolute Gasteiger partial charge is 0.251 e. The Morgan fingerprint density at radius 3 is 2.52 bits per heavy atom. The first kappa shape index (κ1) is 20.6. The van der Waals surface area contributed by atoms with Gasteiger partial charge in [0.25, 0.3) is 5.91 Å². The van der Waals surface area contributed by atoms with Crippen LogP contribution in [-0.2, 0) is 13.1 Å². The summed E-state index contributed by atoms with van der Waals surface area (Å²) in [5, 5.41) is 11.4. The quantitative estimate of drug-likeness (QED) is 0.433. The molecule has 158 valence electrons. The van der Waals surface area contributed by atoms with E-state index in [1.54, 1.807) is 12.1 Å². The Balaban J connectivity index is 1.25. The van der Waals surface area contributed by atoms with E-state index >= 15 is 0 Å². The Bertz CT molecular complexity index is 1170. The predicted molar refractivity (Wildman–Crippen MR) is 121 cm³/mol. The second-order valence-corrected chi connectivity index (χ2v) is 7.63. The molecule has 0 aliphatic rings. The summed E-state index contributed by atoms with van der Waals surface area (Å²) in [7, 11) is 0. The van der Waals surface area contributed by atoms with Gasteiger partial charge in [-0.1, -0.05) is 35.5 Å². The van der Waals surface area contributed by atoms with Crippen LogP contribution in [0.15, 0.2) is 66.7 Å². The second-order valence-electron chi connectivity index (χ2n) is 7.63. The molecule has 0 bridgehead atoms. The minimum Gasteiger partial charge on any atom is -0.494 e. The molecule has 0 saturated heterocycles. The number of aryl methyl sites for hydroxylation is 3. The maximum Gasteiger partial charge on any atom is 0.251 e. The Labute approximate surface area is 181 Å². The van der Waals surface area contributed by atoms with Crippen molar-refractivity contribution in [2.75, 3.05) is 6.61 Å². The van der Waals surface area contributed by atoms with E-state index in [9.17, 15) is 4.79 Å². The molecule has 0 atom stereocenters. The summed E-state index contributed by atoms with van der Waals surface area (Å²) in [4.78, 5) is 12.3. The summed E-state index contributed by atoms with van der Waals surface area (Å²) in [5.41, 5.74) is 6.11. The number of amides is 1. The lowest BCUT2D eigenvalue weighted by atomic mass is 10.1. The fourth-order valence-electron chi connectivity index (χ4n) is 3.38. The summed E-state index contributed by atoms with van der Waals surface area (Å²) >= 11 is 0. The van der Waals surface area contributed by atoms with Crippen molar-refractivity contribution in [2.24, 2.45) is 0 Å². The normalized spacial score (nSPS) is 10.9. The number of carbonyl (C=O) groups excluding carboxylic acids is 1. The van der Waals surface area contributed by atoms with Crippen LogP contribution in [-0.4, -0.2) is 27.5 Å². The number of aromatic nitrogens is 3. The lowest BCUT2D eigenvalue weighted by Crippen LogP contribution is -2.22. The van der Waals surface area contributed by atoms with Gasteiger partial charge in [-0.3, -0.25) is 4.79 Å². The van der Waals surface area contributed by atoms with Crippen LogP contribution in [0.25, 0.3) is 11.0 Å². The van der Waals surface area contributed by atoms with Gasteiger partial charge < -0.3 is 10.1 Å². The molecular weight excluding hydrogens is 388 g/mol. The van der Waals surface area contributed by atoms with Gasteiger partial charge in [-0.25, -0.2) is 4.68 Å². The van der Waals surface area contributed by atoms with Gasteiger partial charge in [0.2, 0.25) is 0 Å². The maximum atomic E-state index is 12.3. The average molecular weight is 415 g/mol. The maximum absolute atomic E-state index is 12.3. The van der Waals surface area contributed by atoms with E-state index in [2.05, 4.69) is 41.6 Å². The topological polar surface area (TPSA) is 69.0 Å². The van der Waals surface area contributed by atoms with Crippen LogP contribution in [0.2, 0.25) is 0 Å². The molecule has 1 N–H and O–H groups in total. The number of benzene rings is 3. The predicted octanol–water partition coefficient (Wildman–Crippen LogP) is 4.45. The molecule has 4 rings (SSSR count). The van der Waals surface area contributed by atoms with Gasteiger partial charge in [0, 0.05) is 25.1 Å². The van der Waals surface area contributed by atoms with Crippen molar-refractivity contribution in [2.45, 2.75) is 33.4 Å². The first-order valence-corrected chi connectivity index (χ1v) is 10.5. The number of nitrogens with zero attached hydrogens (tertiary/aromatic N) is 3. The van der Waals surface area contributed by atoms with E-state index in [1.807, 2.05) is 47.1 Å². The number of rotatable bonds is 8. The summed E-state index contributed by atoms with van der Waals surface area (Å²) in [6, 6.07) is 21.3. The average Bonchev–Trinajstić information content (AvgIpc) is 3.18. The molecule has 0 unspecified atom stereocenters. The summed E-state index contributed by atoms with van der Waals surface area (Å²) < 4.78 is 7.75. The molecule has 6 nitrogen and oxygen atoms in total. The highest BCUT2D eigenvalue weighted by Gasteiger charge is 2.08. The van der Waals surface area contributed by atoms with Gasteiger partial charge in [-0.05, 0) is 66.9 Å². The molecule has 3 aromatic carbocycles. The Morgan fingerprint density at radius 1 is 1.00 bits per heavy atom. The number of hydrogen-bond donors (Lipinski definition) is 1. The van der Waals surface area contributed by atoms with Gasteiger partial charge in [0.1, 0.15) is 11.3 Å². The second kappa shape index (κ2) is 9.43. The summed E-state index contributed by atoms with van der Waals surface area (Å²) in [6.07, 6.45) is 0.810. The highest BCUT2D eigenvalue weighted by molar-refractivity contribution is 5.94. The Hall–Kier alpha value is -3.67. The fraction of sp³-hybridized carbons (Fsp3) is 0.240. The van der Waals surface area contributed by atoms with Crippen LogP contribution >= 0.6 is 0 Å². The fourth-order valence-corrected chi connectivity index (χ4v) is 3.38. The van der Waals surface area contributed by atoms with Crippen LogP contribution in [0.5, 0.6) is 5.75 Å². The third-order valence-electron chi connectivity index (χ3n) is 5.32. The molecule has 1 aromatic heterocycles. The van der Waals surface area contributed by atoms with Crippen molar-refractivity contribution in [3.05, 3.63) is 89.0 Å². The van der Waals surface area contributed by atoms with Crippen LogP contribution in [0, 0.1) is 13.8 Å². The van der Waals surface area contributed by atoms with E-state index in [1.165, 1.54) is 11.1 Å². The minimum absolute atomic E-state index is 0.0982. The molecule has 0 aliphatic heterocycles. The number of ether oxygens (including phenoxy) is 1. The molecule has 1 heterocycles. The van der Waals surface area contributed by atoms with Crippen molar-refractivity contribution in [1.82, 2.24) is 20.3 Å². The standard InChI is InChI=1S/C25H26N4O2/c1-18-15-23-24(16-19(18)2)29(28-27-23)13-6-14-31-22-11-9-21(10-12-22)25(30)26-17-20-7-4-3-5-8-20/h3-5,7-12,15-16H,6,13-14,17H2,1-2H3,(H,26,30). The molecule has 0 saturated carbocycles. The van der Waals surface area contributed by atoms with E-state index in [-0.39, 0.29) is 5.91 Å². The molecule has 0 spiro atoms. The molecular formula is C25H26N4O2. The Kier molecular flexibility index (Phi) is 6.26. The lowest BCUT2D eigenvalue weighted by Gasteiger charge is -2.09. The van der Waals surface area contributed by atoms with Gasteiger partial charge in [0.15, 0.2) is 0 Å². The zero-order chi connectivity index (χ0) is 21.6. The van der Waals surface area contributed by atoms with Crippen molar-refractivity contribution >= 4 is 16.9 Å². The van der Waals surface area contributed by atoms with Gasteiger partial charge in [-0.2, -0.15) is 0 Å². The first-order valence-electron chi connectivity index (χ1n) is 10.5. The third-order valence-corrected chi connectivity index (χ3v) is 5.32. The van der Waals surface area contributed by atoms with E-state index in [0.29, 0.717) is 18.7 Å². The highest BCUT2D eigenvalue weighted by Crippen LogP contribution is 2.18. The number of carbonyl (C=O) groups is 1.